The topological polar surface area (TPSA) is 76.1 Å². The van der Waals surface area contributed by atoms with E-state index in [1.54, 1.807) is 6.07 Å². The van der Waals surface area contributed by atoms with Gasteiger partial charge in [-0.3, -0.25) is 10.1 Å². The van der Waals surface area contributed by atoms with Gasteiger partial charge in [0.1, 0.15) is 11.6 Å². The molecule has 0 saturated heterocycles. The average molecular weight is 290 g/mol. The average Bonchev–Trinajstić information content (AvgIpc) is 2.94. The maximum atomic E-state index is 12.3. The summed E-state index contributed by atoms with van der Waals surface area (Å²) in [5, 5.41) is 15.3. The molecule has 20 heavy (non-hydrogen) atoms. The molecule has 0 radical (unpaired) electrons. The molecule has 1 aromatic carbocycles. The van der Waals surface area contributed by atoms with Crippen LogP contribution in [0.25, 0.3) is 0 Å². The fourth-order valence-corrected chi connectivity index (χ4v) is 2.64. The first kappa shape index (κ1) is 12.9. The molecule has 2 heterocycles. The number of aryl methyl sites for hydroxylation is 1. The Labute approximate surface area is 120 Å². The molecule has 0 unspecified atom stereocenters. The minimum absolute atomic E-state index is 0.232. The van der Waals surface area contributed by atoms with Crippen molar-refractivity contribution in [1.29, 1.82) is 0 Å². The standard InChI is InChI=1S/C13H14N4O2S/c1-2-10-16-17-13(20-10)15-12(18)8-4-3-5-9-11(8)19-7-6-14-9/h3-5,14H,2,6-7H2,1H3,(H,15,17,18). The van der Waals surface area contributed by atoms with Gasteiger partial charge in [0.05, 0.1) is 11.3 Å². The number of para-hydroxylation sites is 1. The van der Waals surface area contributed by atoms with Crippen LogP contribution in [0.15, 0.2) is 18.2 Å². The Balaban J connectivity index is 1.83. The second kappa shape index (κ2) is 5.46. The van der Waals surface area contributed by atoms with Crippen molar-refractivity contribution in [3.8, 4) is 5.75 Å². The van der Waals surface area contributed by atoms with Gasteiger partial charge in [-0.25, -0.2) is 0 Å². The lowest BCUT2D eigenvalue weighted by atomic mass is 10.1. The molecule has 1 aromatic heterocycles. The number of ether oxygens (including phenoxy) is 1. The summed E-state index contributed by atoms with van der Waals surface area (Å²) in [4.78, 5) is 12.3. The Morgan fingerprint density at radius 2 is 2.40 bits per heavy atom. The molecular formula is C13H14N4O2S. The van der Waals surface area contributed by atoms with Crippen LogP contribution in [0.3, 0.4) is 0 Å². The molecule has 0 fully saturated rings. The zero-order valence-corrected chi connectivity index (χ0v) is 11.8. The summed E-state index contributed by atoms with van der Waals surface area (Å²) >= 11 is 1.38. The predicted octanol–water partition coefficient (Wildman–Crippen LogP) is 2.16. The summed E-state index contributed by atoms with van der Waals surface area (Å²) in [5.41, 5.74) is 1.35. The van der Waals surface area contributed by atoms with E-state index in [9.17, 15) is 4.79 Å². The highest BCUT2D eigenvalue weighted by atomic mass is 32.1. The largest absolute Gasteiger partial charge is 0.489 e. The summed E-state index contributed by atoms with van der Waals surface area (Å²) < 4.78 is 5.58. The van der Waals surface area contributed by atoms with Crippen LogP contribution in [0.4, 0.5) is 10.8 Å². The highest BCUT2D eigenvalue weighted by molar-refractivity contribution is 7.15. The summed E-state index contributed by atoms with van der Waals surface area (Å²) in [5.74, 6) is 0.362. The number of anilines is 2. The Kier molecular flexibility index (Phi) is 3.51. The van der Waals surface area contributed by atoms with Crippen molar-refractivity contribution in [1.82, 2.24) is 10.2 Å². The third kappa shape index (κ3) is 2.44. The quantitative estimate of drug-likeness (QED) is 0.906. The summed E-state index contributed by atoms with van der Waals surface area (Å²) in [6.07, 6.45) is 0.807. The predicted molar refractivity (Wildman–Crippen MR) is 77.7 cm³/mol. The molecule has 6 nitrogen and oxygen atoms in total. The van der Waals surface area contributed by atoms with Gasteiger partial charge in [0.2, 0.25) is 5.13 Å². The van der Waals surface area contributed by atoms with Gasteiger partial charge < -0.3 is 10.1 Å². The van der Waals surface area contributed by atoms with Gasteiger partial charge in [-0.05, 0) is 18.6 Å². The van der Waals surface area contributed by atoms with E-state index < -0.39 is 0 Å². The van der Waals surface area contributed by atoms with Crippen LogP contribution >= 0.6 is 11.3 Å². The molecule has 0 bridgehead atoms. The molecule has 7 heteroatoms. The number of carbonyl (C=O) groups excluding carboxylic acids is 1. The molecular weight excluding hydrogens is 276 g/mol. The lowest BCUT2D eigenvalue weighted by molar-refractivity contribution is 0.102. The van der Waals surface area contributed by atoms with Crippen LogP contribution in [0, 0.1) is 0 Å². The van der Waals surface area contributed by atoms with Crippen molar-refractivity contribution < 1.29 is 9.53 Å². The zero-order chi connectivity index (χ0) is 13.9. The van der Waals surface area contributed by atoms with Crippen molar-refractivity contribution >= 4 is 28.1 Å². The number of hydrogen-bond donors (Lipinski definition) is 2. The Morgan fingerprint density at radius 1 is 1.50 bits per heavy atom. The van der Waals surface area contributed by atoms with Crippen molar-refractivity contribution in [2.45, 2.75) is 13.3 Å². The van der Waals surface area contributed by atoms with Crippen LogP contribution in [-0.2, 0) is 6.42 Å². The minimum Gasteiger partial charge on any atom is -0.489 e. The molecule has 1 amide bonds. The van der Waals surface area contributed by atoms with E-state index in [0.717, 1.165) is 23.7 Å². The molecule has 0 spiro atoms. The van der Waals surface area contributed by atoms with E-state index in [-0.39, 0.29) is 5.91 Å². The third-order valence-electron chi connectivity index (χ3n) is 2.91. The van der Waals surface area contributed by atoms with E-state index >= 15 is 0 Å². The fraction of sp³-hybridized carbons (Fsp3) is 0.308. The first-order valence-electron chi connectivity index (χ1n) is 6.41. The van der Waals surface area contributed by atoms with Crippen LogP contribution in [0.2, 0.25) is 0 Å². The van der Waals surface area contributed by atoms with Crippen LogP contribution < -0.4 is 15.4 Å². The minimum atomic E-state index is -0.232. The monoisotopic (exact) mass is 290 g/mol. The summed E-state index contributed by atoms with van der Waals surface area (Å²) in [7, 11) is 0. The van der Waals surface area contributed by atoms with Gasteiger partial charge in [-0.15, -0.1) is 10.2 Å². The zero-order valence-electron chi connectivity index (χ0n) is 11.0. The molecule has 0 aliphatic carbocycles. The molecule has 0 atom stereocenters. The number of benzene rings is 1. The first-order valence-corrected chi connectivity index (χ1v) is 7.23. The first-order chi connectivity index (χ1) is 9.78. The smallest absolute Gasteiger partial charge is 0.261 e. The Morgan fingerprint density at radius 3 is 3.20 bits per heavy atom. The Bertz CT molecular complexity index is 641. The maximum Gasteiger partial charge on any atom is 0.261 e. The molecule has 2 N–H and O–H groups in total. The van der Waals surface area contributed by atoms with Gasteiger partial charge in [0.15, 0.2) is 5.75 Å². The number of carbonyl (C=O) groups is 1. The number of fused-ring (bicyclic) bond motifs is 1. The molecule has 0 saturated carbocycles. The van der Waals surface area contributed by atoms with Crippen LogP contribution in [-0.4, -0.2) is 29.3 Å². The summed E-state index contributed by atoms with van der Waals surface area (Å²) in [6, 6.07) is 5.46. The van der Waals surface area contributed by atoms with E-state index in [1.165, 1.54) is 11.3 Å². The molecule has 1 aliphatic rings. The number of hydrogen-bond acceptors (Lipinski definition) is 6. The molecule has 2 aromatic rings. The highest BCUT2D eigenvalue weighted by Gasteiger charge is 2.19. The number of aromatic nitrogens is 2. The van der Waals surface area contributed by atoms with E-state index in [0.29, 0.717) is 23.1 Å². The highest BCUT2D eigenvalue weighted by Crippen LogP contribution is 2.31. The van der Waals surface area contributed by atoms with E-state index in [1.807, 2.05) is 19.1 Å². The van der Waals surface area contributed by atoms with Gasteiger partial charge in [-0.2, -0.15) is 0 Å². The van der Waals surface area contributed by atoms with Crippen molar-refractivity contribution in [2.75, 3.05) is 23.8 Å². The van der Waals surface area contributed by atoms with Crippen LogP contribution in [0.1, 0.15) is 22.3 Å². The maximum absolute atomic E-state index is 12.3. The number of amides is 1. The number of nitrogens with one attached hydrogen (secondary N) is 2. The normalized spacial score (nSPS) is 13.1. The molecule has 3 rings (SSSR count). The van der Waals surface area contributed by atoms with Gasteiger partial charge in [-0.1, -0.05) is 24.3 Å². The lowest BCUT2D eigenvalue weighted by Gasteiger charge is -2.21. The number of nitrogens with zero attached hydrogens (tertiary/aromatic N) is 2. The van der Waals surface area contributed by atoms with Crippen LogP contribution in [0.5, 0.6) is 5.75 Å². The van der Waals surface area contributed by atoms with Crippen molar-refractivity contribution in [2.24, 2.45) is 0 Å². The van der Waals surface area contributed by atoms with E-state index in [4.69, 9.17) is 4.74 Å². The molecule has 104 valence electrons. The van der Waals surface area contributed by atoms with Crippen molar-refractivity contribution in [3.05, 3.63) is 28.8 Å². The SMILES string of the molecule is CCc1nnc(NC(=O)c2cccc3c2OCCN3)s1. The number of rotatable bonds is 3. The van der Waals surface area contributed by atoms with Gasteiger partial charge >= 0.3 is 0 Å². The van der Waals surface area contributed by atoms with E-state index in [2.05, 4.69) is 20.8 Å². The van der Waals surface area contributed by atoms with Gasteiger partial charge in [0.25, 0.3) is 5.91 Å². The second-order valence-electron chi connectivity index (χ2n) is 4.27. The third-order valence-corrected chi connectivity index (χ3v) is 3.90. The summed E-state index contributed by atoms with van der Waals surface area (Å²) in [6.45, 7) is 3.30. The Hall–Kier alpha value is -2.15. The molecule has 1 aliphatic heterocycles. The van der Waals surface area contributed by atoms with Gasteiger partial charge in [0, 0.05) is 6.54 Å². The van der Waals surface area contributed by atoms with Crippen molar-refractivity contribution in [3.63, 3.8) is 0 Å². The lowest BCUT2D eigenvalue weighted by Crippen LogP contribution is -2.21. The second-order valence-corrected chi connectivity index (χ2v) is 5.33. The fourth-order valence-electron chi connectivity index (χ4n) is 1.96.